The molecule has 1 N–H and O–H groups in total. The molecular formula is C20H22F3N3O3. The molecule has 0 radical (unpaired) electrons. The number of carbonyl (C=O) groups excluding carboxylic acids is 1. The van der Waals surface area contributed by atoms with Crippen molar-refractivity contribution in [3.63, 3.8) is 0 Å². The smallest absolute Gasteiger partial charge is 0.384 e. The van der Waals surface area contributed by atoms with Crippen molar-refractivity contribution in [2.45, 2.75) is 38.6 Å². The number of amides is 1. The summed E-state index contributed by atoms with van der Waals surface area (Å²) < 4.78 is 47.6. The lowest BCUT2D eigenvalue weighted by molar-refractivity contribution is -0.297. The lowest BCUT2D eigenvalue weighted by Crippen LogP contribution is -2.56. The number of aryl methyl sites for hydroxylation is 1. The Hall–Kier alpha value is -2.65. The van der Waals surface area contributed by atoms with Gasteiger partial charge in [-0.1, -0.05) is 18.2 Å². The average molecular weight is 409 g/mol. The number of hydrazone groups is 1. The van der Waals surface area contributed by atoms with E-state index in [2.05, 4.69) is 5.10 Å². The zero-order chi connectivity index (χ0) is 21.4. The van der Waals surface area contributed by atoms with Gasteiger partial charge >= 0.3 is 6.18 Å². The van der Waals surface area contributed by atoms with Crippen LogP contribution in [0.5, 0.6) is 0 Å². The topological polar surface area (TPSA) is 67.1 Å². The van der Waals surface area contributed by atoms with E-state index in [1.807, 2.05) is 30.3 Å². The molecule has 0 aliphatic carbocycles. The molecule has 1 atom stereocenters. The molecule has 3 rings (SSSR count). The third kappa shape index (κ3) is 3.67. The van der Waals surface area contributed by atoms with Crippen molar-refractivity contribution < 1.29 is 27.8 Å². The highest BCUT2D eigenvalue weighted by Crippen LogP contribution is 2.41. The fourth-order valence-corrected chi connectivity index (χ4v) is 3.48. The number of aliphatic hydroxyl groups is 1. The second kappa shape index (κ2) is 7.64. The molecule has 2 aromatic rings. The highest BCUT2D eigenvalue weighted by molar-refractivity contribution is 5.99. The Morgan fingerprint density at radius 1 is 1.28 bits per heavy atom. The molecule has 1 aromatic carbocycles. The van der Waals surface area contributed by atoms with Gasteiger partial charge in [0.2, 0.25) is 0 Å². The molecule has 6 nitrogen and oxygen atoms in total. The molecule has 0 bridgehead atoms. The van der Waals surface area contributed by atoms with Gasteiger partial charge in [-0.25, -0.2) is 0 Å². The summed E-state index contributed by atoms with van der Waals surface area (Å²) in [5, 5.41) is 14.4. The van der Waals surface area contributed by atoms with Gasteiger partial charge in [0.05, 0.1) is 12.2 Å². The second-order valence-electron chi connectivity index (χ2n) is 6.97. The van der Waals surface area contributed by atoms with Crippen molar-refractivity contribution in [3.05, 3.63) is 53.3 Å². The molecule has 1 aromatic heterocycles. The molecule has 156 valence electrons. The first kappa shape index (κ1) is 21.1. The Bertz CT molecular complexity index is 938. The van der Waals surface area contributed by atoms with Gasteiger partial charge in [-0.05, 0) is 32.0 Å². The van der Waals surface area contributed by atoms with E-state index >= 15 is 0 Å². The van der Waals surface area contributed by atoms with Crippen molar-refractivity contribution in [2.75, 3.05) is 13.7 Å². The maximum absolute atomic E-state index is 13.7. The van der Waals surface area contributed by atoms with E-state index in [0.717, 1.165) is 5.69 Å². The number of halogens is 3. The van der Waals surface area contributed by atoms with Crippen LogP contribution in [0.25, 0.3) is 5.69 Å². The van der Waals surface area contributed by atoms with Gasteiger partial charge in [0.15, 0.2) is 0 Å². The van der Waals surface area contributed by atoms with Gasteiger partial charge in [-0.2, -0.15) is 23.3 Å². The van der Waals surface area contributed by atoms with Crippen LogP contribution in [0.1, 0.15) is 34.6 Å². The molecular weight excluding hydrogens is 387 g/mol. The number of ether oxygens (including phenoxy) is 1. The minimum Gasteiger partial charge on any atom is -0.384 e. The van der Waals surface area contributed by atoms with E-state index in [1.54, 1.807) is 18.4 Å². The number of methoxy groups -OCH3 is 1. The summed E-state index contributed by atoms with van der Waals surface area (Å²) in [6.07, 6.45) is -5.78. The SMILES string of the molecule is COCCC1=NN(C(=O)c2cc(C)n(-c3ccccc3)c2C)[C@@](O)(C(F)(F)F)C1. The van der Waals surface area contributed by atoms with Crippen molar-refractivity contribution in [2.24, 2.45) is 5.10 Å². The predicted molar refractivity (Wildman–Crippen MR) is 101 cm³/mol. The highest BCUT2D eigenvalue weighted by Gasteiger charge is 2.63. The Morgan fingerprint density at radius 3 is 2.52 bits per heavy atom. The fraction of sp³-hybridized carbons (Fsp3) is 0.400. The van der Waals surface area contributed by atoms with Gasteiger partial charge in [-0.3, -0.25) is 4.79 Å². The van der Waals surface area contributed by atoms with E-state index < -0.39 is 24.2 Å². The van der Waals surface area contributed by atoms with E-state index in [1.165, 1.54) is 13.2 Å². The maximum atomic E-state index is 13.7. The summed E-state index contributed by atoms with van der Waals surface area (Å²) in [6.45, 7) is 3.53. The standard InChI is InChI=1S/C20H22F3N3O3/c1-13-11-17(14(2)25(13)16-7-5-4-6-8-16)18(27)26-19(28,20(21,22)23)12-15(24-26)9-10-29-3/h4-8,11,28H,9-10,12H2,1-3H3/t19-/m0/s1. The van der Waals surface area contributed by atoms with Gasteiger partial charge < -0.3 is 14.4 Å². The Kier molecular flexibility index (Phi) is 5.55. The molecule has 1 amide bonds. The summed E-state index contributed by atoms with van der Waals surface area (Å²) in [5.41, 5.74) is -1.37. The minimum atomic E-state index is -5.06. The van der Waals surface area contributed by atoms with Crippen LogP contribution in [-0.4, -0.2) is 51.9 Å². The second-order valence-corrected chi connectivity index (χ2v) is 6.97. The molecule has 9 heteroatoms. The number of aromatic nitrogens is 1. The van der Waals surface area contributed by atoms with Gasteiger partial charge in [0, 0.05) is 42.7 Å². The number of carbonyl (C=O) groups is 1. The van der Waals surface area contributed by atoms with Crippen molar-refractivity contribution >= 4 is 11.6 Å². The first-order valence-electron chi connectivity index (χ1n) is 9.03. The van der Waals surface area contributed by atoms with Crippen LogP contribution in [0.3, 0.4) is 0 Å². The van der Waals surface area contributed by atoms with Gasteiger partial charge in [-0.15, -0.1) is 0 Å². The lowest BCUT2D eigenvalue weighted by Gasteiger charge is -2.32. The zero-order valence-electron chi connectivity index (χ0n) is 16.3. The molecule has 0 spiro atoms. The third-order valence-corrected chi connectivity index (χ3v) is 4.96. The molecule has 0 saturated carbocycles. The van der Waals surface area contributed by atoms with E-state index in [9.17, 15) is 23.1 Å². The number of hydrogen-bond donors (Lipinski definition) is 1. The Balaban J connectivity index is 2.03. The van der Waals surface area contributed by atoms with Crippen molar-refractivity contribution in [3.8, 4) is 5.69 Å². The minimum absolute atomic E-state index is 0.0470. The molecule has 1 aliphatic rings. The van der Waals surface area contributed by atoms with Crippen LogP contribution in [0.4, 0.5) is 13.2 Å². The van der Waals surface area contributed by atoms with E-state index in [-0.39, 0.29) is 29.3 Å². The molecule has 1 aliphatic heterocycles. The van der Waals surface area contributed by atoms with E-state index in [0.29, 0.717) is 11.4 Å². The van der Waals surface area contributed by atoms with Gasteiger partial charge in [0.1, 0.15) is 0 Å². The van der Waals surface area contributed by atoms with Crippen LogP contribution in [-0.2, 0) is 4.74 Å². The Morgan fingerprint density at radius 2 is 1.93 bits per heavy atom. The lowest BCUT2D eigenvalue weighted by atomic mass is 10.0. The highest BCUT2D eigenvalue weighted by atomic mass is 19.4. The first-order chi connectivity index (χ1) is 13.6. The fourth-order valence-electron chi connectivity index (χ4n) is 3.48. The average Bonchev–Trinajstić information content (AvgIpc) is 3.17. The summed E-state index contributed by atoms with van der Waals surface area (Å²) in [4.78, 5) is 13.1. The number of rotatable bonds is 5. The number of hydrogen-bond acceptors (Lipinski definition) is 4. The number of para-hydroxylation sites is 1. The summed E-state index contributed by atoms with van der Waals surface area (Å²) in [6, 6.07) is 10.7. The normalized spacial score (nSPS) is 19.6. The van der Waals surface area contributed by atoms with E-state index in [4.69, 9.17) is 4.74 Å². The summed E-state index contributed by atoms with van der Waals surface area (Å²) in [5.74, 6) is -1.01. The van der Waals surface area contributed by atoms with Crippen molar-refractivity contribution in [1.29, 1.82) is 0 Å². The molecule has 0 fully saturated rings. The third-order valence-electron chi connectivity index (χ3n) is 4.96. The molecule has 0 saturated heterocycles. The number of alkyl halides is 3. The van der Waals surface area contributed by atoms with Crippen LogP contribution in [0.15, 0.2) is 41.5 Å². The first-order valence-corrected chi connectivity index (χ1v) is 9.03. The van der Waals surface area contributed by atoms with Crippen LogP contribution < -0.4 is 0 Å². The largest absolute Gasteiger partial charge is 0.438 e. The number of benzene rings is 1. The molecule has 29 heavy (non-hydrogen) atoms. The summed E-state index contributed by atoms with van der Waals surface area (Å²) in [7, 11) is 1.41. The zero-order valence-corrected chi connectivity index (χ0v) is 16.3. The maximum Gasteiger partial charge on any atom is 0.438 e. The summed E-state index contributed by atoms with van der Waals surface area (Å²) >= 11 is 0. The number of nitrogens with zero attached hydrogens (tertiary/aromatic N) is 3. The predicted octanol–water partition coefficient (Wildman–Crippen LogP) is 3.58. The quantitative estimate of drug-likeness (QED) is 0.821. The molecule has 2 heterocycles. The van der Waals surface area contributed by atoms with Crippen LogP contribution in [0, 0.1) is 13.8 Å². The van der Waals surface area contributed by atoms with Gasteiger partial charge in [0.25, 0.3) is 11.6 Å². The van der Waals surface area contributed by atoms with Crippen LogP contribution in [0.2, 0.25) is 0 Å². The molecule has 0 unspecified atom stereocenters. The van der Waals surface area contributed by atoms with Crippen molar-refractivity contribution in [1.82, 2.24) is 9.58 Å². The Labute approximate surface area is 166 Å². The monoisotopic (exact) mass is 409 g/mol. The van der Waals surface area contributed by atoms with Crippen LogP contribution >= 0.6 is 0 Å².